The van der Waals surface area contributed by atoms with Crippen molar-refractivity contribution in [3.63, 3.8) is 0 Å². The molecule has 1 amide bonds. The van der Waals surface area contributed by atoms with E-state index >= 15 is 0 Å². The number of para-hydroxylation sites is 2. The molecule has 0 saturated carbocycles. The zero-order valence-electron chi connectivity index (χ0n) is 17.0. The number of nitrogens with one attached hydrogen (secondary N) is 1. The minimum Gasteiger partial charge on any atom is -0.475 e. The van der Waals surface area contributed by atoms with Crippen LogP contribution in [0, 0.1) is 5.92 Å². The van der Waals surface area contributed by atoms with Crippen molar-refractivity contribution >= 4 is 44.4 Å². The summed E-state index contributed by atoms with van der Waals surface area (Å²) < 4.78 is 6.91. The fourth-order valence-electron chi connectivity index (χ4n) is 3.64. The maximum Gasteiger partial charge on any atom is 0.258 e. The molecule has 1 aliphatic heterocycles. The maximum atomic E-state index is 12.9. The van der Waals surface area contributed by atoms with Crippen molar-refractivity contribution in [2.24, 2.45) is 5.92 Å². The van der Waals surface area contributed by atoms with Crippen molar-refractivity contribution < 1.29 is 9.53 Å². The molecule has 2 heterocycles. The van der Waals surface area contributed by atoms with Crippen LogP contribution in [0.4, 0.5) is 11.5 Å². The van der Waals surface area contributed by atoms with Crippen molar-refractivity contribution in [1.82, 2.24) is 9.97 Å². The summed E-state index contributed by atoms with van der Waals surface area (Å²) in [7, 11) is 0. The van der Waals surface area contributed by atoms with Crippen molar-refractivity contribution in [2.75, 3.05) is 29.9 Å². The van der Waals surface area contributed by atoms with Crippen LogP contribution in [0.25, 0.3) is 11.0 Å². The van der Waals surface area contributed by atoms with Gasteiger partial charge in [-0.05, 0) is 55.7 Å². The summed E-state index contributed by atoms with van der Waals surface area (Å²) in [5, 5.41) is 3.04. The molecule has 0 bridgehead atoms. The van der Waals surface area contributed by atoms with Crippen molar-refractivity contribution in [3.8, 4) is 5.88 Å². The van der Waals surface area contributed by atoms with Gasteiger partial charge in [0.1, 0.15) is 0 Å². The summed E-state index contributed by atoms with van der Waals surface area (Å²) in [5.74, 6) is 1.19. The normalized spacial score (nSPS) is 16.5. The minimum absolute atomic E-state index is 0.0341. The summed E-state index contributed by atoms with van der Waals surface area (Å²) in [5.41, 5.74) is 2.45. The second kappa shape index (κ2) is 9.43. The predicted octanol–water partition coefficient (Wildman–Crippen LogP) is 5.04. The van der Waals surface area contributed by atoms with Gasteiger partial charge < -0.3 is 15.0 Å². The number of rotatable bonds is 6. The van der Waals surface area contributed by atoms with Gasteiger partial charge in [-0.25, -0.2) is 9.97 Å². The third-order valence-electron chi connectivity index (χ3n) is 5.17. The molecule has 2 aromatic carbocycles. The Labute approximate surface area is 184 Å². The van der Waals surface area contributed by atoms with Crippen LogP contribution in [0.5, 0.6) is 5.88 Å². The molecule has 0 radical (unpaired) electrons. The Morgan fingerprint density at radius 1 is 1.17 bits per heavy atom. The Kier molecular flexibility index (Phi) is 6.47. The fraction of sp³-hybridized carbons (Fsp3) is 0.348. The Balaban J connectivity index is 1.55. The minimum atomic E-state index is -0.116. The first-order valence-corrected chi connectivity index (χ1v) is 11.1. The number of hydrogen-bond acceptors (Lipinski definition) is 5. The van der Waals surface area contributed by atoms with Gasteiger partial charge in [0.25, 0.3) is 5.88 Å². The summed E-state index contributed by atoms with van der Waals surface area (Å²) >= 11 is 3.42. The van der Waals surface area contributed by atoms with E-state index in [0.29, 0.717) is 19.0 Å². The first-order chi connectivity index (χ1) is 14.6. The number of nitrogens with zero attached hydrogens (tertiary/aromatic N) is 3. The highest BCUT2D eigenvalue weighted by molar-refractivity contribution is 9.10. The molecule has 1 atom stereocenters. The fourth-order valence-corrected chi connectivity index (χ4v) is 3.90. The van der Waals surface area contributed by atoms with Gasteiger partial charge in [-0.2, -0.15) is 0 Å². The number of carbonyl (C=O) groups is 1. The van der Waals surface area contributed by atoms with Gasteiger partial charge in [-0.3, -0.25) is 4.79 Å². The molecule has 1 fully saturated rings. The number of hydrogen-bond donors (Lipinski definition) is 1. The maximum absolute atomic E-state index is 12.9. The van der Waals surface area contributed by atoms with Gasteiger partial charge in [0.2, 0.25) is 5.91 Å². The predicted molar refractivity (Wildman–Crippen MR) is 123 cm³/mol. The molecule has 0 unspecified atom stereocenters. The van der Waals surface area contributed by atoms with Gasteiger partial charge in [-0.15, -0.1) is 0 Å². The average Bonchev–Trinajstić information content (AvgIpc) is 2.78. The Morgan fingerprint density at radius 3 is 2.63 bits per heavy atom. The van der Waals surface area contributed by atoms with Gasteiger partial charge in [0.15, 0.2) is 5.82 Å². The second-order valence-corrected chi connectivity index (χ2v) is 8.39. The Bertz CT molecular complexity index is 1030. The number of piperidine rings is 1. The van der Waals surface area contributed by atoms with E-state index in [-0.39, 0.29) is 11.8 Å². The molecule has 0 aliphatic carbocycles. The van der Waals surface area contributed by atoms with Crippen LogP contribution in [0.15, 0.2) is 53.0 Å². The Hall–Kier alpha value is -2.67. The third kappa shape index (κ3) is 4.73. The molecule has 1 N–H and O–H groups in total. The van der Waals surface area contributed by atoms with Gasteiger partial charge in [-0.1, -0.05) is 35.0 Å². The molecule has 1 saturated heterocycles. The van der Waals surface area contributed by atoms with E-state index in [9.17, 15) is 4.79 Å². The molecule has 1 aliphatic rings. The van der Waals surface area contributed by atoms with E-state index in [1.54, 1.807) is 0 Å². The monoisotopic (exact) mass is 468 g/mol. The summed E-state index contributed by atoms with van der Waals surface area (Å²) in [4.78, 5) is 24.6. The lowest BCUT2D eigenvalue weighted by molar-refractivity contribution is -0.120. The molecule has 7 heteroatoms. The summed E-state index contributed by atoms with van der Waals surface area (Å²) in [6, 6.07) is 15.4. The van der Waals surface area contributed by atoms with Crippen LogP contribution in [0.2, 0.25) is 0 Å². The van der Waals surface area contributed by atoms with E-state index < -0.39 is 0 Å². The summed E-state index contributed by atoms with van der Waals surface area (Å²) in [6.07, 6.45) is 2.66. The molecule has 6 nitrogen and oxygen atoms in total. The van der Waals surface area contributed by atoms with E-state index in [4.69, 9.17) is 14.7 Å². The molecule has 30 heavy (non-hydrogen) atoms. The van der Waals surface area contributed by atoms with Crippen molar-refractivity contribution in [3.05, 3.63) is 53.0 Å². The van der Waals surface area contributed by atoms with Crippen LogP contribution in [0.3, 0.4) is 0 Å². The van der Waals surface area contributed by atoms with Crippen molar-refractivity contribution in [2.45, 2.75) is 26.2 Å². The number of halogens is 1. The molecule has 3 aromatic rings. The molecule has 0 spiro atoms. The molecular weight excluding hydrogens is 444 g/mol. The average molecular weight is 469 g/mol. The largest absolute Gasteiger partial charge is 0.475 e. The second-order valence-electron chi connectivity index (χ2n) is 7.47. The highest BCUT2D eigenvalue weighted by Gasteiger charge is 2.29. The third-order valence-corrected chi connectivity index (χ3v) is 5.70. The van der Waals surface area contributed by atoms with Crippen molar-refractivity contribution in [1.29, 1.82) is 0 Å². The highest BCUT2D eigenvalue weighted by Crippen LogP contribution is 2.31. The van der Waals surface area contributed by atoms with E-state index in [2.05, 4.69) is 33.1 Å². The molecule has 1 aromatic heterocycles. The van der Waals surface area contributed by atoms with E-state index in [1.807, 2.05) is 48.5 Å². The Morgan fingerprint density at radius 2 is 1.90 bits per heavy atom. The van der Waals surface area contributed by atoms with Crippen LogP contribution in [-0.4, -0.2) is 35.6 Å². The van der Waals surface area contributed by atoms with Crippen LogP contribution >= 0.6 is 15.9 Å². The van der Waals surface area contributed by atoms with Gasteiger partial charge >= 0.3 is 0 Å². The van der Waals surface area contributed by atoms with E-state index in [1.165, 1.54) is 0 Å². The van der Waals surface area contributed by atoms with E-state index in [0.717, 1.165) is 52.8 Å². The van der Waals surface area contributed by atoms with Crippen LogP contribution < -0.4 is 15.0 Å². The first kappa shape index (κ1) is 20.6. The number of amides is 1. The number of benzene rings is 2. The number of aromatic nitrogens is 2. The SMILES string of the molecule is CCCOc1nc2ccccc2nc1N1CCC[C@H](C(=O)Nc2ccc(Br)cc2)C1. The number of carbonyl (C=O) groups excluding carboxylic acids is 1. The summed E-state index contributed by atoms with van der Waals surface area (Å²) in [6.45, 7) is 4.08. The lowest BCUT2D eigenvalue weighted by Crippen LogP contribution is -2.41. The first-order valence-electron chi connectivity index (χ1n) is 10.3. The standard InChI is InChI=1S/C23H25BrN4O2/c1-2-14-30-23-21(26-19-7-3-4-8-20(19)27-23)28-13-5-6-16(15-28)22(29)25-18-11-9-17(24)10-12-18/h3-4,7-12,16H,2,5-6,13-15H2,1H3,(H,25,29)/t16-/m0/s1. The smallest absolute Gasteiger partial charge is 0.258 e. The van der Waals surface area contributed by atoms with Gasteiger partial charge in [0, 0.05) is 23.2 Å². The van der Waals surface area contributed by atoms with Gasteiger partial charge in [0.05, 0.1) is 23.6 Å². The number of ether oxygens (including phenoxy) is 1. The highest BCUT2D eigenvalue weighted by atomic mass is 79.9. The zero-order chi connectivity index (χ0) is 20.9. The molecule has 4 rings (SSSR count). The van der Waals surface area contributed by atoms with Crippen LogP contribution in [-0.2, 0) is 4.79 Å². The topological polar surface area (TPSA) is 67.4 Å². The molecule has 156 valence electrons. The molecular formula is C23H25BrN4O2. The zero-order valence-corrected chi connectivity index (χ0v) is 18.6. The lowest BCUT2D eigenvalue weighted by atomic mass is 9.97. The lowest BCUT2D eigenvalue weighted by Gasteiger charge is -2.33. The number of fused-ring (bicyclic) bond motifs is 1. The van der Waals surface area contributed by atoms with Crippen LogP contribution in [0.1, 0.15) is 26.2 Å². The quantitative estimate of drug-likeness (QED) is 0.548. The number of anilines is 2.